The van der Waals surface area contributed by atoms with E-state index in [9.17, 15) is 27.3 Å². The first-order valence-corrected chi connectivity index (χ1v) is 15.1. The Bertz CT molecular complexity index is 1350. The lowest BCUT2D eigenvalue weighted by Gasteiger charge is -2.32. The highest BCUT2D eigenvalue weighted by molar-refractivity contribution is 7.99. The highest BCUT2D eigenvalue weighted by Gasteiger charge is 2.38. The molecule has 1 amide bonds. The number of hydrogen-bond acceptors (Lipinski definition) is 8. The quantitative estimate of drug-likeness (QED) is 0.355. The van der Waals surface area contributed by atoms with E-state index in [-0.39, 0.29) is 32.1 Å². The molecule has 3 rings (SSSR count). The van der Waals surface area contributed by atoms with Crippen LogP contribution in [-0.4, -0.2) is 63.9 Å². The van der Waals surface area contributed by atoms with E-state index in [0.29, 0.717) is 31.7 Å². The van der Waals surface area contributed by atoms with Crippen LogP contribution in [0.15, 0.2) is 40.1 Å². The first kappa shape index (κ1) is 31.1. The second-order valence-corrected chi connectivity index (χ2v) is 12.9. The van der Waals surface area contributed by atoms with Gasteiger partial charge in [0.1, 0.15) is 23.3 Å². The molecule has 8 nitrogen and oxygen atoms in total. The number of nitrogens with zero attached hydrogens (tertiary/aromatic N) is 2. The Kier molecular flexibility index (Phi) is 10.6. The summed E-state index contributed by atoms with van der Waals surface area (Å²) in [6.07, 6.45) is 2.49. The van der Waals surface area contributed by atoms with Crippen LogP contribution in [0.3, 0.4) is 0 Å². The van der Waals surface area contributed by atoms with E-state index >= 15 is 0 Å². The number of amides is 1. The van der Waals surface area contributed by atoms with Crippen LogP contribution in [0.2, 0.25) is 5.02 Å². The van der Waals surface area contributed by atoms with Gasteiger partial charge in [0.15, 0.2) is 0 Å². The number of ether oxygens (including phenoxy) is 1. The molecule has 1 aliphatic rings. The number of carbonyl (C=O) groups excluding carboxylic acids is 1. The van der Waals surface area contributed by atoms with Gasteiger partial charge in [-0.15, -0.1) is 11.8 Å². The van der Waals surface area contributed by atoms with Gasteiger partial charge in [-0.25, -0.2) is 21.9 Å². The van der Waals surface area contributed by atoms with Gasteiger partial charge in [0, 0.05) is 29.4 Å². The number of halogens is 3. The smallest absolute Gasteiger partial charge is 0.265 e. The summed E-state index contributed by atoms with van der Waals surface area (Å²) in [4.78, 5) is 14.6. The van der Waals surface area contributed by atoms with Crippen LogP contribution in [0.25, 0.3) is 0 Å². The number of nitriles is 1. The third-order valence-electron chi connectivity index (χ3n) is 6.28. The van der Waals surface area contributed by atoms with Crippen molar-refractivity contribution in [3.63, 3.8) is 0 Å². The molecule has 2 aromatic rings. The number of carbonyl (C=O) groups is 1. The van der Waals surface area contributed by atoms with Crippen molar-refractivity contribution in [2.45, 2.75) is 54.0 Å². The predicted octanol–water partition coefficient (Wildman–Crippen LogP) is 4.78. The highest BCUT2D eigenvalue weighted by atomic mass is 35.5. The molecule has 0 radical (unpaired) electrons. The third kappa shape index (κ3) is 8.28. The van der Waals surface area contributed by atoms with Crippen molar-refractivity contribution in [2.75, 3.05) is 38.3 Å². The highest BCUT2D eigenvalue weighted by Crippen LogP contribution is 2.33. The summed E-state index contributed by atoms with van der Waals surface area (Å²) in [5.74, 6) is -1.78. The topological polar surface area (TPSA) is 112 Å². The van der Waals surface area contributed by atoms with E-state index in [0.717, 1.165) is 25.0 Å². The monoisotopic (exact) mass is 600 g/mol. The van der Waals surface area contributed by atoms with Gasteiger partial charge in [-0.05, 0) is 77.5 Å². The first-order chi connectivity index (χ1) is 18.3. The van der Waals surface area contributed by atoms with E-state index in [4.69, 9.17) is 16.3 Å². The van der Waals surface area contributed by atoms with Gasteiger partial charge in [0.2, 0.25) is 0 Å². The Hall–Kier alpha value is -2.43. The predicted molar refractivity (Wildman–Crippen MR) is 147 cm³/mol. The maximum Gasteiger partial charge on any atom is 0.265 e. The molecule has 1 fully saturated rings. The molecule has 0 spiro atoms. The van der Waals surface area contributed by atoms with E-state index in [1.54, 1.807) is 6.92 Å². The summed E-state index contributed by atoms with van der Waals surface area (Å²) < 4.78 is 61.1. The second kappa shape index (κ2) is 13.3. The third-order valence-corrected chi connectivity index (χ3v) is 9.10. The fraction of sp³-hybridized carbons (Fsp3) is 0.462. The SMILES string of the molecule is CN(C)CC[C@H](CSc1ccc(F)cc1F)Nc1c(Cl)cc(S(=O)(=O)NC(=O)[C@@]2(C)CCCCO2)cc1C#N. The van der Waals surface area contributed by atoms with Crippen molar-refractivity contribution in [2.24, 2.45) is 0 Å². The molecule has 2 aromatic carbocycles. The van der Waals surface area contributed by atoms with Crippen molar-refractivity contribution in [3.05, 3.63) is 52.6 Å². The number of sulfonamides is 1. The fourth-order valence-electron chi connectivity index (χ4n) is 3.97. The Balaban J connectivity index is 1.83. The van der Waals surface area contributed by atoms with Crippen molar-refractivity contribution in [1.82, 2.24) is 9.62 Å². The molecular formula is C26H31ClF2N4O4S2. The molecule has 0 saturated carbocycles. The van der Waals surface area contributed by atoms with Crippen LogP contribution in [-0.2, 0) is 19.6 Å². The summed E-state index contributed by atoms with van der Waals surface area (Å²) in [7, 11) is -0.563. The molecule has 0 aromatic heterocycles. The number of rotatable bonds is 11. The lowest BCUT2D eigenvalue weighted by Crippen LogP contribution is -2.50. The normalized spacial score (nSPS) is 18.4. The Morgan fingerprint density at radius 2 is 2.03 bits per heavy atom. The zero-order chi connectivity index (χ0) is 28.8. The lowest BCUT2D eigenvalue weighted by atomic mass is 9.95. The van der Waals surface area contributed by atoms with E-state index in [1.165, 1.54) is 30.0 Å². The van der Waals surface area contributed by atoms with E-state index in [1.807, 2.05) is 25.1 Å². The molecule has 0 aliphatic carbocycles. The van der Waals surface area contributed by atoms with Gasteiger partial charge >= 0.3 is 0 Å². The summed E-state index contributed by atoms with van der Waals surface area (Å²) in [5.41, 5.74) is -1.09. The molecule has 1 saturated heterocycles. The van der Waals surface area contributed by atoms with Crippen LogP contribution < -0.4 is 10.0 Å². The van der Waals surface area contributed by atoms with E-state index < -0.39 is 33.2 Å². The summed E-state index contributed by atoms with van der Waals surface area (Å²) in [6, 6.07) is 7.32. The molecule has 1 aliphatic heterocycles. The minimum Gasteiger partial charge on any atom is -0.379 e. The first-order valence-electron chi connectivity index (χ1n) is 12.3. The number of benzene rings is 2. The van der Waals surface area contributed by atoms with Gasteiger partial charge in [0.05, 0.1) is 21.2 Å². The lowest BCUT2D eigenvalue weighted by molar-refractivity contribution is -0.148. The van der Waals surface area contributed by atoms with Crippen LogP contribution in [0.1, 0.15) is 38.2 Å². The number of hydrogen-bond donors (Lipinski definition) is 2. The average molecular weight is 601 g/mol. The van der Waals surface area contributed by atoms with Gasteiger partial charge in [-0.1, -0.05) is 11.6 Å². The Morgan fingerprint density at radius 3 is 2.64 bits per heavy atom. The maximum atomic E-state index is 14.2. The van der Waals surface area contributed by atoms with Gasteiger partial charge in [0.25, 0.3) is 15.9 Å². The van der Waals surface area contributed by atoms with Crippen molar-refractivity contribution >= 4 is 45.0 Å². The average Bonchev–Trinajstić information content (AvgIpc) is 2.87. The molecule has 2 atom stereocenters. The standard InChI is InChI=1S/C26H31ClF2N4O4S2/c1-26(9-4-5-11-37-26)25(34)32-39(35,36)20-12-17(15-30)24(21(27)14-20)31-19(8-10-33(2)3)16-38-23-7-6-18(28)13-22(23)29/h6-7,12-14,19,31H,4-5,8-11,16H2,1-3H3,(H,32,34)/t19-,26-/m1/s1. The van der Waals surface area contributed by atoms with Crippen molar-refractivity contribution < 1.29 is 26.7 Å². The van der Waals surface area contributed by atoms with Crippen LogP contribution in [0.4, 0.5) is 14.5 Å². The molecule has 212 valence electrons. The van der Waals surface area contributed by atoms with Crippen LogP contribution >= 0.6 is 23.4 Å². The molecule has 0 unspecified atom stereocenters. The van der Waals surface area contributed by atoms with Crippen LogP contribution in [0, 0.1) is 23.0 Å². The summed E-state index contributed by atoms with van der Waals surface area (Å²) in [5, 5.41) is 13.0. The van der Waals surface area contributed by atoms with Crippen LogP contribution in [0.5, 0.6) is 0 Å². The Labute approximate surface area is 237 Å². The minimum atomic E-state index is -4.35. The fourth-order valence-corrected chi connectivity index (χ4v) is 6.43. The molecule has 0 bridgehead atoms. The number of thioether (sulfide) groups is 1. The number of nitrogens with one attached hydrogen (secondary N) is 2. The molecule has 39 heavy (non-hydrogen) atoms. The molecule has 2 N–H and O–H groups in total. The Morgan fingerprint density at radius 1 is 1.28 bits per heavy atom. The molecular weight excluding hydrogens is 570 g/mol. The summed E-state index contributed by atoms with van der Waals surface area (Å²) >= 11 is 7.64. The number of anilines is 1. The van der Waals surface area contributed by atoms with Crippen molar-refractivity contribution in [3.8, 4) is 6.07 Å². The van der Waals surface area contributed by atoms with Gasteiger partial charge < -0.3 is 15.0 Å². The van der Waals surface area contributed by atoms with Crippen molar-refractivity contribution in [1.29, 1.82) is 5.26 Å². The van der Waals surface area contributed by atoms with E-state index in [2.05, 4.69) is 10.0 Å². The summed E-state index contributed by atoms with van der Waals surface area (Å²) in [6.45, 7) is 2.56. The zero-order valence-electron chi connectivity index (χ0n) is 21.9. The minimum absolute atomic E-state index is 0.0326. The zero-order valence-corrected chi connectivity index (χ0v) is 24.3. The second-order valence-electron chi connectivity index (χ2n) is 9.73. The van der Waals surface area contributed by atoms with Gasteiger partial charge in [-0.2, -0.15) is 5.26 Å². The molecule has 1 heterocycles. The largest absolute Gasteiger partial charge is 0.379 e. The molecule has 13 heteroatoms. The maximum absolute atomic E-state index is 14.2. The van der Waals surface area contributed by atoms with Gasteiger partial charge in [-0.3, -0.25) is 4.79 Å².